The van der Waals surface area contributed by atoms with Crippen LogP contribution in [0.2, 0.25) is 0 Å². The van der Waals surface area contributed by atoms with E-state index in [1.165, 1.54) is 0 Å². The maximum absolute atomic E-state index is 5.19. The van der Waals surface area contributed by atoms with Gasteiger partial charge >= 0.3 is 0 Å². The lowest BCUT2D eigenvalue weighted by molar-refractivity contribution is 0.170. The summed E-state index contributed by atoms with van der Waals surface area (Å²) in [5, 5.41) is 10.8. The van der Waals surface area contributed by atoms with Crippen molar-refractivity contribution in [3.8, 4) is 0 Å². The number of nitrogens with zero attached hydrogens (tertiary/aromatic N) is 2. The van der Waals surface area contributed by atoms with Crippen molar-refractivity contribution < 1.29 is 9.15 Å². The molecule has 0 aliphatic rings. The van der Waals surface area contributed by atoms with E-state index in [1.807, 2.05) is 6.92 Å². The van der Waals surface area contributed by atoms with E-state index >= 15 is 0 Å². The van der Waals surface area contributed by atoms with Crippen molar-refractivity contribution >= 4 is 0 Å². The van der Waals surface area contributed by atoms with Gasteiger partial charge in [0.05, 0.1) is 13.2 Å². The SMILES string of the molecule is COCC(C)NCc1nnc(C)o1. The van der Waals surface area contributed by atoms with E-state index in [0.717, 1.165) is 0 Å². The average molecular weight is 185 g/mol. The van der Waals surface area contributed by atoms with E-state index in [4.69, 9.17) is 9.15 Å². The Balaban J connectivity index is 2.26. The second-order valence-corrected chi connectivity index (χ2v) is 2.95. The summed E-state index contributed by atoms with van der Waals surface area (Å²) >= 11 is 0. The molecule has 13 heavy (non-hydrogen) atoms. The molecule has 5 nitrogen and oxygen atoms in total. The van der Waals surface area contributed by atoms with Crippen molar-refractivity contribution in [3.63, 3.8) is 0 Å². The van der Waals surface area contributed by atoms with Crippen LogP contribution in [0.4, 0.5) is 0 Å². The molecule has 0 spiro atoms. The fourth-order valence-corrected chi connectivity index (χ4v) is 0.979. The lowest BCUT2D eigenvalue weighted by Gasteiger charge is -2.09. The van der Waals surface area contributed by atoms with Gasteiger partial charge in [0.2, 0.25) is 11.8 Å². The molecule has 0 saturated heterocycles. The van der Waals surface area contributed by atoms with Gasteiger partial charge in [0.15, 0.2) is 0 Å². The molecule has 1 heterocycles. The summed E-state index contributed by atoms with van der Waals surface area (Å²) in [4.78, 5) is 0. The van der Waals surface area contributed by atoms with Gasteiger partial charge in [-0.1, -0.05) is 0 Å². The van der Waals surface area contributed by atoms with Crippen LogP contribution in [0.3, 0.4) is 0 Å². The lowest BCUT2D eigenvalue weighted by atomic mass is 10.3. The van der Waals surface area contributed by atoms with Crippen molar-refractivity contribution in [2.45, 2.75) is 26.4 Å². The zero-order valence-electron chi connectivity index (χ0n) is 8.20. The molecule has 1 aromatic rings. The Hall–Kier alpha value is -0.940. The molecule has 1 rings (SSSR count). The fraction of sp³-hybridized carbons (Fsp3) is 0.750. The van der Waals surface area contributed by atoms with Crippen LogP contribution in [0.15, 0.2) is 4.42 Å². The zero-order valence-corrected chi connectivity index (χ0v) is 8.20. The number of hydrogen-bond acceptors (Lipinski definition) is 5. The molecule has 5 heteroatoms. The molecular weight excluding hydrogens is 170 g/mol. The fourth-order valence-electron chi connectivity index (χ4n) is 0.979. The lowest BCUT2D eigenvalue weighted by Crippen LogP contribution is -2.29. The van der Waals surface area contributed by atoms with Crippen LogP contribution < -0.4 is 5.32 Å². The van der Waals surface area contributed by atoms with Gasteiger partial charge in [-0.3, -0.25) is 0 Å². The first-order chi connectivity index (χ1) is 6.22. The van der Waals surface area contributed by atoms with Gasteiger partial charge in [-0.15, -0.1) is 10.2 Å². The van der Waals surface area contributed by atoms with Crippen LogP contribution in [0.1, 0.15) is 18.7 Å². The summed E-state index contributed by atoms with van der Waals surface area (Å²) < 4.78 is 10.2. The summed E-state index contributed by atoms with van der Waals surface area (Å²) in [6.07, 6.45) is 0. The minimum Gasteiger partial charge on any atom is -0.424 e. The smallest absolute Gasteiger partial charge is 0.230 e. The third-order valence-corrected chi connectivity index (χ3v) is 1.59. The molecule has 0 aliphatic carbocycles. The van der Waals surface area contributed by atoms with Crippen LogP contribution in [0, 0.1) is 6.92 Å². The third-order valence-electron chi connectivity index (χ3n) is 1.59. The molecule has 0 aromatic carbocycles. The first-order valence-electron chi connectivity index (χ1n) is 4.23. The largest absolute Gasteiger partial charge is 0.424 e. The van der Waals surface area contributed by atoms with Gasteiger partial charge in [-0.05, 0) is 6.92 Å². The number of rotatable bonds is 5. The molecule has 0 fully saturated rings. The Bertz CT molecular complexity index is 249. The van der Waals surface area contributed by atoms with Crippen molar-refractivity contribution in [2.24, 2.45) is 0 Å². The predicted octanol–water partition coefficient (Wildman–Crippen LogP) is 0.503. The van der Waals surface area contributed by atoms with Gasteiger partial charge < -0.3 is 14.5 Å². The number of ether oxygens (including phenoxy) is 1. The second-order valence-electron chi connectivity index (χ2n) is 2.95. The Kier molecular flexibility index (Phi) is 3.85. The molecule has 1 atom stereocenters. The van der Waals surface area contributed by atoms with Crippen molar-refractivity contribution in [1.82, 2.24) is 15.5 Å². The predicted molar refractivity (Wildman–Crippen MR) is 47.2 cm³/mol. The van der Waals surface area contributed by atoms with Crippen molar-refractivity contribution in [1.29, 1.82) is 0 Å². The first kappa shape index (κ1) is 10.1. The van der Waals surface area contributed by atoms with Crippen LogP contribution in [0.25, 0.3) is 0 Å². The van der Waals surface area contributed by atoms with Crippen LogP contribution in [-0.4, -0.2) is 30.0 Å². The Morgan fingerprint density at radius 3 is 2.85 bits per heavy atom. The highest BCUT2D eigenvalue weighted by Crippen LogP contribution is 1.97. The molecule has 74 valence electrons. The van der Waals surface area contributed by atoms with E-state index < -0.39 is 0 Å². The van der Waals surface area contributed by atoms with Crippen LogP contribution in [-0.2, 0) is 11.3 Å². The highest BCUT2D eigenvalue weighted by atomic mass is 16.5. The Morgan fingerprint density at radius 1 is 1.54 bits per heavy atom. The summed E-state index contributed by atoms with van der Waals surface area (Å²) in [6, 6.07) is 0.289. The zero-order chi connectivity index (χ0) is 9.68. The monoisotopic (exact) mass is 185 g/mol. The highest BCUT2D eigenvalue weighted by Gasteiger charge is 2.04. The maximum atomic E-state index is 5.19. The van der Waals surface area contributed by atoms with Crippen LogP contribution in [0.5, 0.6) is 0 Å². The molecule has 0 aliphatic heterocycles. The van der Waals surface area contributed by atoms with Gasteiger partial charge in [-0.2, -0.15) is 0 Å². The molecule has 1 aromatic heterocycles. The van der Waals surface area contributed by atoms with E-state index in [9.17, 15) is 0 Å². The number of nitrogens with one attached hydrogen (secondary N) is 1. The Labute approximate surface area is 77.5 Å². The number of hydrogen-bond donors (Lipinski definition) is 1. The minimum absolute atomic E-state index is 0.289. The molecule has 0 amide bonds. The van der Waals surface area contributed by atoms with Gasteiger partial charge in [-0.25, -0.2) is 0 Å². The minimum atomic E-state index is 0.289. The van der Waals surface area contributed by atoms with E-state index in [1.54, 1.807) is 14.0 Å². The van der Waals surface area contributed by atoms with Gasteiger partial charge in [0, 0.05) is 20.1 Å². The van der Waals surface area contributed by atoms with Gasteiger partial charge in [0.1, 0.15) is 0 Å². The topological polar surface area (TPSA) is 60.2 Å². The molecule has 1 unspecified atom stereocenters. The second kappa shape index (κ2) is 4.94. The van der Waals surface area contributed by atoms with Gasteiger partial charge in [0.25, 0.3) is 0 Å². The molecule has 1 N–H and O–H groups in total. The number of aryl methyl sites for hydroxylation is 1. The van der Waals surface area contributed by atoms with Crippen molar-refractivity contribution in [2.75, 3.05) is 13.7 Å². The van der Waals surface area contributed by atoms with Crippen LogP contribution >= 0.6 is 0 Å². The highest BCUT2D eigenvalue weighted by molar-refractivity contribution is 4.78. The normalized spacial score (nSPS) is 13.2. The molecule has 0 radical (unpaired) electrons. The Morgan fingerprint density at radius 2 is 2.31 bits per heavy atom. The summed E-state index contributed by atoms with van der Waals surface area (Å²) in [5.41, 5.74) is 0. The summed E-state index contributed by atoms with van der Waals surface area (Å²) in [6.45, 7) is 5.07. The number of aromatic nitrogens is 2. The number of methoxy groups -OCH3 is 1. The average Bonchev–Trinajstić information content (AvgIpc) is 2.49. The summed E-state index contributed by atoms with van der Waals surface area (Å²) in [5.74, 6) is 1.21. The summed E-state index contributed by atoms with van der Waals surface area (Å²) in [7, 11) is 1.68. The molecule has 0 saturated carbocycles. The molecular formula is C8H15N3O2. The third kappa shape index (κ3) is 3.52. The van der Waals surface area contributed by atoms with Crippen molar-refractivity contribution in [3.05, 3.63) is 11.8 Å². The van der Waals surface area contributed by atoms with E-state index in [2.05, 4.69) is 15.5 Å². The molecule has 0 bridgehead atoms. The standard InChI is InChI=1S/C8H15N3O2/c1-6(5-12-3)9-4-8-11-10-7(2)13-8/h6,9H,4-5H2,1-3H3. The quantitative estimate of drug-likeness (QED) is 0.724. The first-order valence-corrected chi connectivity index (χ1v) is 4.23. The van der Waals surface area contributed by atoms with E-state index in [0.29, 0.717) is 24.9 Å². The maximum Gasteiger partial charge on any atom is 0.230 e. The van der Waals surface area contributed by atoms with E-state index in [-0.39, 0.29) is 6.04 Å².